The number of halogens is 1. The highest BCUT2D eigenvalue weighted by Crippen LogP contribution is 2.26. The van der Waals surface area contributed by atoms with E-state index in [2.05, 4.69) is 15.1 Å². The number of aliphatic hydroxyl groups excluding tert-OH is 1. The monoisotopic (exact) mass is 335 g/mol. The number of anilines is 1. The maximum absolute atomic E-state index is 14.2. The molecule has 0 aliphatic carbocycles. The molecule has 0 amide bonds. The molecule has 0 aromatic heterocycles. The smallest absolute Gasteiger partial charge is 0.129 e. The van der Waals surface area contributed by atoms with E-state index in [9.17, 15) is 9.50 Å². The molecular formula is C19H30FN3O. The molecule has 2 fully saturated rings. The van der Waals surface area contributed by atoms with Gasteiger partial charge in [-0.25, -0.2) is 4.39 Å². The third-order valence-corrected chi connectivity index (χ3v) is 5.23. The molecule has 4 nitrogen and oxygen atoms in total. The summed E-state index contributed by atoms with van der Waals surface area (Å²) in [6, 6.07) is 5.43. The summed E-state index contributed by atoms with van der Waals surface area (Å²) in [6.45, 7) is 6.61. The molecule has 0 saturated carbocycles. The van der Waals surface area contributed by atoms with Gasteiger partial charge in [-0.1, -0.05) is 6.07 Å². The van der Waals surface area contributed by atoms with Gasteiger partial charge in [0.05, 0.1) is 6.10 Å². The van der Waals surface area contributed by atoms with Gasteiger partial charge in [0.2, 0.25) is 0 Å². The van der Waals surface area contributed by atoms with E-state index in [0.717, 1.165) is 69.8 Å². The molecule has 0 unspecified atom stereocenters. The molecular weight excluding hydrogens is 305 g/mol. The van der Waals surface area contributed by atoms with Crippen LogP contribution in [0.15, 0.2) is 18.2 Å². The Balaban J connectivity index is 1.43. The summed E-state index contributed by atoms with van der Waals surface area (Å²) in [5.41, 5.74) is 1.87. The Hall–Kier alpha value is -1.17. The maximum Gasteiger partial charge on any atom is 0.129 e. The van der Waals surface area contributed by atoms with Crippen LogP contribution in [0.5, 0.6) is 0 Å². The van der Waals surface area contributed by atoms with Crippen molar-refractivity contribution in [2.24, 2.45) is 0 Å². The first-order valence-electron chi connectivity index (χ1n) is 9.37. The van der Waals surface area contributed by atoms with E-state index in [-0.39, 0.29) is 11.9 Å². The zero-order valence-corrected chi connectivity index (χ0v) is 14.5. The highest BCUT2D eigenvalue weighted by atomic mass is 19.1. The third-order valence-electron chi connectivity index (χ3n) is 5.23. The molecule has 2 N–H and O–H groups in total. The van der Waals surface area contributed by atoms with Crippen LogP contribution in [0.25, 0.3) is 0 Å². The van der Waals surface area contributed by atoms with Crippen molar-refractivity contribution in [2.75, 3.05) is 44.2 Å². The van der Waals surface area contributed by atoms with E-state index in [0.29, 0.717) is 6.54 Å². The fourth-order valence-corrected chi connectivity index (χ4v) is 3.76. The number of hydrogen-bond acceptors (Lipinski definition) is 4. The van der Waals surface area contributed by atoms with Gasteiger partial charge >= 0.3 is 0 Å². The van der Waals surface area contributed by atoms with Gasteiger partial charge in [0, 0.05) is 44.0 Å². The Bertz CT molecular complexity index is 511. The summed E-state index contributed by atoms with van der Waals surface area (Å²) in [5, 5.41) is 12.9. The summed E-state index contributed by atoms with van der Waals surface area (Å²) in [4.78, 5) is 4.71. The van der Waals surface area contributed by atoms with Gasteiger partial charge in [-0.15, -0.1) is 0 Å². The van der Waals surface area contributed by atoms with Crippen molar-refractivity contribution in [3.8, 4) is 0 Å². The predicted molar refractivity (Wildman–Crippen MR) is 95.9 cm³/mol. The molecule has 0 radical (unpaired) electrons. The van der Waals surface area contributed by atoms with E-state index < -0.39 is 0 Å². The highest BCUT2D eigenvalue weighted by Gasteiger charge is 2.18. The molecule has 24 heavy (non-hydrogen) atoms. The Morgan fingerprint density at radius 2 is 1.88 bits per heavy atom. The highest BCUT2D eigenvalue weighted by molar-refractivity contribution is 5.54. The topological polar surface area (TPSA) is 38.7 Å². The summed E-state index contributed by atoms with van der Waals surface area (Å²) in [6.07, 6.45) is 5.14. The molecule has 134 valence electrons. The Labute approximate surface area is 144 Å². The van der Waals surface area contributed by atoms with Gasteiger partial charge in [-0.3, -0.25) is 0 Å². The number of piperidine rings is 1. The van der Waals surface area contributed by atoms with Gasteiger partial charge in [-0.05, 0) is 57.3 Å². The lowest BCUT2D eigenvalue weighted by Gasteiger charge is -2.29. The van der Waals surface area contributed by atoms with Crippen LogP contribution in [0.4, 0.5) is 10.1 Å². The average Bonchev–Trinajstić information content (AvgIpc) is 3.12. The molecule has 2 saturated heterocycles. The molecule has 5 heteroatoms. The van der Waals surface area contributed by atoms with E-state index >= 15 is 0 Å². The van der Waals surface area contributed by atoms with Gasteiger partial charge < -0.3 is 20.2 Å². The van der Waals surface area contributed by atoms with E-state index in [1.54, 1.807) is 6.07 Å². The maximum atomic E-state index is 14.2. The SMILES string of the molecule is OC1CCN(CCCNCc2c(F)cccc2N2CCCC2)CC1. The first kappa shape index (κ1) is 17.6. The molecule has 2 heterocycles. The summed E-state index contributed by atoms with van der Waals surface area (Å²) in [5.74, 6) is -0.100. The van der Waals surface area contributed by atoms with Crippen molar-refractivity contribution < 1.29 is 9.50 Å². The Kier molecular flexibility index (Phi) is 6.46. The van der Waals surface area contributed by atoms with E-state index in [4.69, 9.17) is 0 Å². The van der Waals surface area contributed by atoms with Crippen molar-refractivity contribution in [3.63, 3.8) is 0 Å². The molecule has 1 aromatic carbocycles. The van der Waals surface area contributed by atoms with Crippen LogP contribution in [-0.4, -0.2) is 55.4 Å². The third kappa shape index (κ3) is 4.68. The van der Waals surface area contributed by atoms with E-state index in [1.165, 1.54) is 12.8 Å². The minimum absolute atomic E-state index is 0.100. The van der Waals surface area contributed by atoms with Crippen LogP contribution in [-0.2, 0) is 6.54 Å². The zero-order valence-electron chi connectivity index (χ0n) is 14.5. The summed E-state index contributed by atoms with van der Waals surface area (Å²) < 4.78 is 14.2. The van der Waals surface area contributed by atoms with Crippen LogP contribution in [0.1, 0.15) is 37.7 Å². The summed E-state index contributed by atoms with van der Waals surface area (Å²) in [7, 11) is 0. The van der Waals surface area contributed by atoms with Crippen molar-refractivity contribution in [2.45, 2.75) is 44.8 Å². The largest absolute Gasteiger partial charge is 0.393 e. The minimum Gasteiger partial charge on any atom is -0.393 e. The standard InChI is InChI=1S/C19H30FN3O/c20-18-5-3-6-19(23-11-1-2-12-23)17(18)15-21-9-4-10-22-13-7-16(24)8-14-22/h3,5-6,16,21,24H,1-2,4,7-15H2. The zero-order chi connectivity index (χ0) is 16.8. The van der Waals surface area contributed by atoms with Crippen molar-refractivity contribution >= 4 is 5.69 Å². The molecule has 2 aliphatic rings. The fourth-order valence-electron chi connectivity index (χ4n) is 3.76. The first-order valence-corrected chi connectivity index (χ1v) is 9.37. The van der Waals surface area contributed by atoms with Gasteiger partial charge in [0.25, 0.3) is 0 Å². The Morgan fingerprint density at radius 3 is 2.62 bits per heavy atom. The second-order valence-corrected chi connectivity index (χ2v) is 7.03. The van der Waals surface area contributed by atoms with Crippen molar-refractivity contribution in [1.82, 2.24) is 10.2 Å². The molecule has 0 bridgehead atoms. The van der Waals surface area contributed by atoms with Crippen molar-refractivity contribution in [3.05, 3.63) is 29.6 Å². The number of hydrogen-bond donors (Lipinski definition) is 2. The molecule has 0 atom stereocenters. The number of aliphatic hydroxyl groups is 1. The Morgan fingerprint density at radius 1 is 1.12 bits per heavy atom. The lowest BCUT2D eigenvalue weighted by molar-refractivity contribution is 0.0821. The number of likely N-dealkylation sites (tertiary alicyclic amines) is 1. The lowest BCUT2D eigenvalue weighted by atomic mass is 10.1. The van der Waals surface area contributed by atoms with E-state index in [1.807, 2.05) is 12.1 Å². The molecule has 2 aliphatic heterocycles. The minimum atomic E-state index is -0.107. The van der Waals surface area contributed by atoms with Crippen LogP contribution < -0.4 is 10.2 Å². The predicted octanol–water partition coefficient (Wildman–Crippen LogP) is 2.36. The van der Waals surface area contributed by atoms with Crippen LogP contribution in [0.3, 0.4) is 0 Å². The van der Waals surface area contributed by atoms with Crippen LogP contribution in [0, 0.1) is 5.82 Å². The molecule has 3 rings (SSSR count). The van der Waals surface area contributed by atoms with Crippen LogP contribution >= 0.6 is 0 Å². The van der Waals surface area contributed by atoms with Crippen LogP contribution in [0.2, 0.25) is 0 Å². The molecule has 1 aromatic rings. The second-order valence-electron chi connectivity index (χ2n) is 7.03. The van der Waals surface area contributed by atoms with Gasteiger partial charge in [-0.2, -0.15) is 0 Å². The quantitative estimate of drug-likeness (QED) is 0.751. The number of rotatable bonds is 7. The van der Waals surface area contributed by atoms with Crippen molar-refractivity contribution in [1.29, 1.82) is 0 Å². The fraction of sp³-hybridized carbons (Fsp3) is 0.684. The number of nitrogens with zero attached hydrogens (tertiary/aromatic N) is 2. The average molecular weight is 335 g/mol. The lowest BCUT2D eigenvalue weighted by Crippen LogP contribution is -2.37. The second kappa shape index (κ2) is 8.79. The normalized spacial score (nSPS) is 20.0. The number of benzene rings is 1. The number of nitrogens with one attached hydrogen (secondary N) is 1. The first-order chi connectivity index (χ1) is 11.7. The van der Waals surface area contributed by atoms with Gasteiger partial charge in [0.1, 0.15) is 5.82 Å². The molecule has 0 spiro atoms. The summed E-state index contributed by atoms with van der Waals surface area (Å²) >= 11 is 0. The van der Waals surface area contributed by atoms with Gasteiger partial charge in [0.15, 0.2) is 0 Å².